The summed E-state index contributed by atoms with van der Waals surface area (Å²) >= 11 is 0. The van der Waals surface area contributed by atoms with Crippen LogP contribution >= 0.6 is 0 Å². The molecule has 0 bridgehead atoms. The van der Waals surface area contributed by atoms with Gasteiger partial charge in [0, 0.05) is 11.3 Å². The summed E-state index contributed by atoms with van der Waals surface area (Å²) in [4.78, 5) is 13.2. The first-order valence-electron chi connectivity index (χ1n) is 11.5. The molecule has 36 heavy (non-hydrogen) atoms. The average molecular weight is 491 g/mol. The Bertz CT molecular complexity index is 1440. The zero-order valence-electron chi connectivity index (χ0n) is 19.5. The number of ether oxygens (including phenoxy) is 3. The third kappa shape index (κ3) is 4.13. The molecule has 0 amide bonds. The third-order valence-electron chi connectivity index (χ3n) is 6.18. The number of rotatable bonds is 5. The summed E-state index contributed by atoms with van der Waals surface area (Å²) in [5, 5.41) is 3.15. The number of fused-ring (bicyclic) bond motifs is 2. The van der Waals surface area contributed by atoms with Gasteiger partial charge in [-0.2, -0.15) is 0 Å². The first-order chi connectivity index (χ1) is 17.4. The number of nitrogens with one attached hydrogen (secondary N) is 1. The molecule has 2 fully saturated rings. The van der Waals surface area contributed by atoms with Gasteiger partial charge in [0.1, 0.15) is 36.3 Å². The second-order valence-corrected chi connectivity index (χ2v) is 9.11. The number of hydrogen-bond donors (Lipinski definition) is 1. The van der Waals surface area contributed by atoms with Crippen molar-refractivity contribution in [3.8, 4) is 0 Å². The first kappa shape index (κ1) is 22.7. The van der Waals surface area contributed by atoms with Crippen LogP contribution in [0.3, 0.4) is 0 Å². The number of halogens is 2. The molecular weight excluding hydrogens is 468 g/mol. The molecule has 0 radical (unpaired) electrons. The van der Waals surface area contributed by atoms with Crippen molar-refractivity contribution in [1.29, 1.82) is 0 Å². The number of imidazole rings is 1. The zero-order valence-corrected chi connectivity index (χ0v) is 19.5. The Hall–Kier alpha value is -3.73. The summed E-state index contributed by atoms with van der Waals surface area (Å²) < 4.78 is 47.9. The second kappa shape index (κ2) is 8.74. The molecule has 2 saturated heterocycles. The monoisotopic (exact) mass is 491 g/mol. The molecule has 8 nitrogen and oxygen atoms in total. The first-order valence-corrected chi connectivity index (χ1v) is 11.5. The Labute approximate surface area is 205 Å². The van der Waals surface area contributed by atoms with Crippen molar-refractivity contribution >= 4 is 28.7 Å². The maximum Gasteiger partial charge on any atom is 0.167 e. The van der Waals surface area contributed by atoms with E-state index in [-0.39, 0.29) is 11.6 Å². The standard InChI is InChI=1S/C26H23F2N5O3/c1-26(2)35-21-19(12-7-15-5-3-4-6-18(15)28)34-25(22(21)36-26)33-14-31-20-23(29-13-30-24(20)33)32-17-10-8-16(27)9-11-17/h3-14,19,21-22,25H,1-2H3,(H,29,30,32)/t19-,21-,22-,25-/m1/s1. The fourth-order valence-electron chi connectivity index (χ4n) is 4.59. The second-order valence-electron chi connectivity index (χ2n) is 9.11. The smallest absolute Gasteiger partial charge is 0.167 e. The van der Waals surface area contributed by atoms with Crippen LogP contribution in [0.15, 0.2) is 67.3 Å². The highest BCUT2D eigenvalue weighted by atomic mass is 19.1. The third-order valence-corrected chi connectivity index (χ3v) is 6.18. The summed E-state index contributed by atoms with van der Waals surface area (Å²) in [7, 11) is 0. The molecular formula is C26H23F2N5O3. The Morgan fingerprint density at radius 3 is 2.56 bits per heavy atom. The van der Waals surface area contributed by atoms with Gasteiger partial charge in [-0.15, -0.1) is 0 Å². The number of nitrogens with zero attached hydrogens (tertiary/aromatic N) is 4. The molecule has 2 aromatic carbocycles. The van der Waals surface area contributed by atoms with E-state index in [0.717, 1.165) is 0 Å². The van der Waals surface area contributed by atoms with E-state index in [1.807, 2.05) is 13.8 Å². The van der Waals surface area contributed by atoms with Crippen LogP contribution in [0.4, 0.5) is 20.3 Å². The van der Waals surface area contributed by atoms with Gasteiger partial charge in [0.15, 0.2) is 29.0 Å². The molecule has 4 aromatic rings. The van der Waals surface area contributed by atoms with E-state index in [1.165, 1.54) is 24.5 Å². The van der Waals surface area contributed by atoms with Crippen molar-refractivity contribution < 1.29 is 23.0 Å². The van der Waals surface area contributed by atoms with Crippen LogP contribution in [0, 0.1) is 11.6 Å². The fourth-order valence-corrected chi connectivity index (χ4v) is 4.59. The molecule has 0 saturated carbocycles. The molecule has 2 aliphatic rings. The molecule has 2 aliphatic heterocycles. The minimum absolute atomic E-state index is 0.317. The number of benzene rings is 2. The minimum atomic E-state index is -0.817. The van der Waals surface area contributed by atoms with Gasteiger partial charge in [0.2, 0.25) is 0 Å². The lowest BCUT2D eigenvalue weighted by molar-refractivity contribution is -0.191. The Morgan fingerprint density at radius 1 is 0.972 bits per heavy atom. The molecule has 10 heteroatoms. The largest absolute Gasteiger partial charge is 0.345 e. The van der Waals surface area contributed by atoms with Gasteiger partial charge in [-0.1, -0.05) is 30.4 Å². The Kier molecular flexibility index (Phi) is 5.51. The fraction of sp³-hybridized carbons (Fsp3) is 0.269. The Balaban J connectivity index is 1.32. The van der Waals surface area contributed by atoms with Gasteiger partial charge in [-0.05, 0) is 44.2 Å². The summed E-state index contributed by atoms with van der Waals surface area (Å²) in [6.07, 6.45) is 4.57. The molecule has 0 spiro atoms. The average Bonchev–Trinajstić information content (AvgIpc) is 3.51. The van der Waals surface area contributed by atoms with Gasteiger partial charge in [0.05, 0.1) is 6.33 Å². The van der Waals surface area contributed by atoms with Crippen molar-refractivity contribution in [2.45, 2.75) is 44.2 Å². The van der Waals surface area contributed by atoms with E-state index in [0.29, 0.717) is 28.2 Å². The highest BCUT2D eigenvalue weighted by Crippen LogP contribution is 2.44. The van der Waals surface area contributed by atoms with Crippen LogP contribution < -0.4 is 5.32 Å². The highest BCUT2D eigenvalue weighted by Gasteiger charge is 2.55. The van der Waals surface area contributed by atoms with E-state index in [2.05, 4.69) is 20.3 Å². The van der Waals surface area contributed by atoms with E-state index < -0.39 is 30.3 Å². The van der Waals surface area contributed by atoms with E-state index in [9.17, 15) is 8.78 Å². The molecule has 1 N–H and O–H groups in total. The number of anilines is 2. The van der Waals surface area contributed by atoms with Crippen molar-refractivity contribution in [2.24, 2.45) is 0 Å². The molecule has 184 valence electrons. The van der Waals surface area contributed by atoms with Crippen LogP contribution in [0.1, 0.15) is 25.6 Å². The lowest BCUT2D eigenvalue weighted by Crippen LogP contribution is -2.28. The molecule has 2 aromatic heterocycles. The van der Waals surface area contributed by atoms with E-state index in [4.69, 9.17) is 14.2 Å². The lowest BCUT2D eigenvalue weighted by atomic mass is 10.1. The summed E-state index contributed by atoms with van der Waals surface area (Å²) in [5.41, 5.74) is 2.17. The van der Waals surface area contributed by atoms with Gasteiger partial charge < -0.3 is 19.5 Å². The van der Waals surface area contributed by atoms with Gasteiger partial charge >= 0.3 is 0 Å². The summed E-state index contributed by atoms with van der Waals surface area (Å²) in [6, 6.07) is 12.5. The van der Waals surface area contributed by atoms with Crippen LogP contribution in [-0.2, 0) is 14.2 Å². The maximum atomic E-state index is 14.1. The van der Waals surface area contributed by atoms with E-state index >= 15 is 0 Å². The van der Waals surface area contributed by atoms with Gasteiger partial charge in [0.25, 0.3) is 0 Å². The molecule has 4 atom stereocenters. The molecule has 6 rings (SSSR count). The summed E-state index contributed by atoms with van der Waals surface area (Å²) in [6.45, 7) is 3.69. The quantitative estimate of drug-likeness (QED) is 0.422. The van der Waals surface area contributed by atoms with Crippen LogP contribution in [-0.4, -0.2) is 43.6 Å². The normalized spacial score (nSPS) is 25.0. The topological polar surface area (TPSA) is 83.3 Å². The van der Waals surface area contributed by atoms with Gasteiger partial charge in [-0.3, -0.25) is 4.57 Å². The van der Waals surface area contributed by atoms with Crippen molar-refractivity contribution in [3.05, 3.63) is 84.5 Å². The number of aromatic nitrogens is 4. The van der Waals surface area contributed by atoms with E-state index in [1.54, 1.807) is 53.4 Å². The van der Waals surface area contributed by atoms with Crippen molar-refractivity contribution in [3.63, 3.8) is 0 Å². The molecule has 0 unspecified atom stereocenters. The zero-order chi connectivity index (χ0) is 24.9. The predicted molar refractivity (Wildman–Crippen MR) is 128 cm³/mol. The number of hydrogen-bond acceptors (Lipinski definition) is 7. The molecule has 4 heterocycles. The molecule has 0 aliphatic carbocycles. The SMILES string of the molecule is CC1(C)O[C@@H]2[C@H](O1)[C@@H](C=Cc1ccccc1F)O[C@H]2n1cnc2c(Nc3ccc(F)cc3)ncnc21. The van der Waals surface area contributed by atoms with Crippen LogP contribution in [0.25, 0.3) is 17.2 Å². The Morgan fingerprint density at radius 2 is 1.75 bits per heavy atom. The summed E-state index contributed by atoms with van der Waals surface area (Å²) in [5.74, 6) is -0.990. The van der Waals surface area contributed by atoms with Crippen LogP contribution in [0.2, 0.25) is 0 Å². The maximum absolute atomic E-state index is 14.1. The highest BCUT2D eigenvalue weighted by molar-refractivity contribution is 5.85. The minimum Gasteiger partial charge on any atom is -0.345 e. The lowest BCUT2D eigenvalue weighted by Gasteiger charge is -2.24. The van der Waals surface area contributed by atoms with Gasteiger partial charge in [-0.25, -0.2) is 23.7 Å². The van der Waals surface area contributed by atoms with Crippen LogP contribution in [0.5, 0.6) is 0 Å². The van der Waals surface area contributed by atoms with Crippen molar-refractivity contribution in [2.75, 3.05) is 5.32 Å². The van der Waals surface area contributed by atoms with Crippen molar-refractivity contribution in [1.82, 2.24) is 19.5 Å². The predicted octanol–water partition coefficient (Wildman–Crippen LogP) is 4.98.